The molecule has 0 aliphatic heterocycles. The number of carbonyl (C=O) groups is 1. The summed E-state index contributed by atoms with van der Waals surface area (Å²) in [5.41, 5.74) is 1.72. The number of nitriles is 1. The van der Waals surface area contributed by atoms with Gasteiger partial charge in [0, 0.05) is 48.1 Å². The lowest BCUT2D eigenvalue weighted by Crippen LogP contribution is -2.04. The van der Waals surface area contributed by atoms with Gasteiger partial charge in [0.05, 0.1) is 18.2 Å². The van der Waals surface area contributed by atoms with Gasteiger partial charge in [0.15, 0.2) is 10.9 Å². The summed E-state index contributed by atoms with van der Waals surface area (Å²) in [7, 11) is 0. The number of imidazole rings is 1. The first-order valence-electron chi connectivity index (χ1n) is 8.36. The van der Waals surface area contributed by atoms with Crippen LogP contribution in [-0.4, -0.2) is 25.7 Å². The van der Waals surface area contributed by atoms with Gasteiger partial charge in [-0.2, -0.15) is 5.26 Å². The number of carbonyl (C=O) groups excluding carboxylic acids is 1. The standard InChI is InChI=1S/C19H20N4OS/c1-2-10-22-12-9-21-19(22)25-14-18(24)16-13-23(11-5-8-20)17-7-4-3-6-15(16)17/h3-4,6-7,9,12-13H,2,5,10-11,14H2,1H3. The van der Waals surface area contributed by atoms with Gasteiger partial charge in [0.25, 0.3) is 0 Å². The van der Waals surface area contributed by atoms with Crippen molar-refractivity contribution < 1.29 is 4.79 Å². The Morgan fingerprint density at radius 3 is 2.92 bits per heavy atom. The van der Waals surface area contributed by atoms with Crippen LogP contribution in [0.1, 0.15) is 30.1 Å². The second kappa shape index (κ2) is 8.04. The van der Waals surface area contributed by atoms with Crippen LogP contribution in [0, 0.1) is 11.3 Å². The van der Waals surface area contributed by atoms with Gasteiger partial charge in [0.2, 0.25) is 0 Å². The largest absolute Gasteiger partial charge is 0.346 e. The minimum Gasteiger partial charge on any atom is -0.346 e. The molecule has 0 N–H and O–H groups in total. The summed E-state index contributed by atoms with van der Waals surface area (Å²) in [5, 5.41) is 10.7. The van der Waals surface area contributed by atoms with Crippen molar-refractivity contribution in [2.24, 2.45) is 0 Å². The Labute approximate surface area is 151 Å². The normalized spacial score (nSPS) is 10.9. The maximum atomic E-state index is 12.8. The van der Waals surface area contributed by atoms with Crippen LogP contribution in [-0.2, 0) is 13.1 Å². The molecule has 0 aliphatic carbocycles. The van der Waals surface area contributed by atoms with E-state index in [1.54, 1.807) is 6.20 Å². The van der Waals surface area contributed by atoms with Gasteiger partial charge in [-0.1, -0.05) is 36.9 Å². The second-order valence-electron chi connectivity index (χ2n) is 5.78. The van der Waals surface area contributed by atoms with E-state index in [2.05, 4.69) is 22.5 Å². The summed E-state index contributed by atoms with van der Waals surface area (Å²) < 4.78 is 4.07. The Morgan fingerprint density at radius 2 is 2.12 bits per heavy atom. The molecular weight excluding hydrogens is 332 g/mol. The zero-order valence-corrected chi connectivity index (χ0v) is 15.0. The van der Waals surface area contributed by atoms with Gasteiger partial charge in [0.1, 0.15) is 0 Å². The van der Waals surface area contributed by atoms with E-state index in [0.29, 0.717) is 18.7 Å². The first-order chi connectivity index (χ1) is 12.2. The fourth-order valence-electron chi connectivity index (χ4n) is 2.88. The van der Waals surface area contributed by atoms with Crippen molar-refractivity contribution in [3.8, 4) is 6.07 Å². The van der Waals surface area contributed by atoms with Gasteiger partial charge in [-0.15, -0.1) is 0 Å². The minimum atomic E-state index is 0.0861. The molecule has 6 heteroatoms. The maximum Gasteiger partial charge on any atom is 0.175 e. The predicted molar refractivity (Wildman–Crippen MR) is 99.7 cm³/mol. The highest BCUT2D eigenvalue weighted by Crippen LogP contribution is 2.25. The monoisotopic (exact) mass is 352 g/mol. The fourth-order valence-corrected chi connectivity index (χ4v) is 3.75. The first kappa shape index (κ1) is 17.3. The number of aryl methyl sites for hydroxylation is 2. The molecule has 0 radical (unpaired) electrons. The van der Waals surface area contributed by atoms with Crippen molar-refractivity contribution in [2.45, 2.75) is 38.0 Å². The highest BCUT2D eigenvalue weighted by Gasteiger charge is 2.16. The summed E-state index contributed by atoms with van der Waals surface area (Å²) in [6.07, 6.45) is 7.06. The van der Waals surface area contributed by atoms with Gasteiger partial charge in [-0.05, 0) is 12.5 Å². The third-order valence-corrected chi connectivity index (χ3v) is 5.03. The lowest BCUT2D eigenvalue weighted by Gasteiger charge is -2.05. The van der Waals surface area contributed by atoms with Gasteiger partial charge in [-0.3, -0.25) is 4.79 Å². The molecule has 0 atom stereocenters. The lowest BCUT2D eigenvalue weighted by atomic mass is 10.1. The van der Waals surface area contributed by atoms with Crippen LogP contribution in [0.25, 0.3) is 10.9 Å². The molecule has 0 amide bonds. The van der Waals surface area contributed by atoms with E-state index in [-0.39, 0.29) is 5.78 Å². The third kappa shape index (κ3) is 3.77. The zero-order valence-electron chi connectivity index (χ0n) is 14.2. The fraction of sp³-hybridized carbons (Fsp3) is 0.316. The summed E-state index contributed by atoms with van der Waals surface area (Å²) in [5.74, 6) is 0.440. The number of ketones is 1. The quantitative estimate of drug-likeness (QED) is 0.451. The third-order valence-electron chi connectivity index (χ3n) is 4.03. The number of benzene rings is 1. The van der Waals surface area contributed by atoms with Crippen molar-refractivity contribution >= 4 is 28.4 Å². The number of para-hydroxylation sites is 1. The van der Waals surface area contributed by atoms with Crippen LogP contribution < -0.4 is 0 Å². The Balaban J connectivity index is 1.80. The number of hydrogen-bond acceptors (Lipinski definition) is 4. The van der Waals surface area contributed by atoms with Crippen LogP contribution in [0.5, 0.6) is 0 Å². The van der Waals surface area contributed by atoms with Crippen molar-refractivity contribution in [1.29, 1.82) is 5.26 Å². The van der Waals surface area contributed by atoms with Crippen molar-refractivity contribution in [3.05, 3.63) is 48.4 Å². The molecule has 0 saturated heterocycles. The predicted octanol–water partition coefficient (Wildman–Crippen LogP) is 4.14. The summed E-state index contributed by atoms with van der Waals surface area (Å²) >= 11 is 1.47. The number of thioether (sulfide) groups is 1. The second-order valence-corrected chi connectivity index (χ2v) is 6.72. The van der Waals surface area contributed by atoms with E-state index in [1.165, 1.54) is 11.8 Å². The van der Waals surface area contributed by atoms with Gasteiger partial charge >= 0.3 is 0 Å². The molecule has 0 unspecified atom stereocenters. The molecular formula is C19H20N4OS. The molecule has 3 aromatic rings. The smallest absolute Gasteiger partial charge is 0.175 e. The molecule has 0 bridgehead atoms. The van der Waals surface area contributed by atoms with E-state index in [4.69, 9.17) is 5.26 Å². The molecule has 3 rings (SSSR count). The number of fused-ring (bicyclic) bond motifs is 1. The Bertz CT molecular complexity index is 919. The molecule has 5 nitrogen and oxygen atoms in total. The molecule has 2 heterocycles. The number of Topliss-reactive ketones (excluding diaryl/α,β-unsaturated/α-hetero) is 1. The van der Waals surface area contributed by atoms with Gasteiger partial charge < -0.3 is 9.13 Å². The molecule has 0 fully saturated rings. The van der Waals surface area contributed by atoms with Crippen LogP contribution in [0.4, 0.5) is 0 Å². The maximum absolute atomic E-state index is 12.8. The molecule has 2 aromatic heterocycles. The van der Waals surface area contributed by atoms with Gasteiger partial charge in [-0.25, -0.2) is 4.98 Å². The average molecular weight is 352 g/mol. The Kier molecular flexibility index (Phi) is 5.56. The van der Waals surface area contributed by atoms with Crippen LogP contribution >= 0.6 is 11.8 Å². The van der Waals surface area contributed by atoms with E-state index < -0.39 is 0 Å². The Hall–Kier alpha value is -2.52. The molecule has 25 heavy (non-hydrogen) atoms. The highest BCUT2D eigenvalue weighted by atomic mass is 32.2. The van der Waals surface area contributed by atoms with Crippen LogP contribution in [0.15, 0.2) is 48.0 Å². The topological polar surface area (TPSA) is 63.6 Å². The average Bonchev–Trinajstić information content (AvgIpc) is 3.23. The number of nitrogens with zero attached hydrogens (tertiary/aromatic N) is 4. The van der Waals surface area contributed by atoms with Crippen LogP contribution in [0.2, 0.25) is 0 Å². The zero-order chi connectivity index (χ0) is 17.6. The van der Waals surface area contributed by atoms with Crippen LogP contribution in [0.3, 0.4) is 0 Å². The molecule has 1 aromatic carbocycles. The van der Waals surface area contributed by atoms with Crippen molar-refractivity contribution in [3.63, 3.8) is 0 Å². The van der Waals surface area contributed by atoms with E-state index in [0.717, 1.165) is 34.6 Å². The van der Waals surface area contributed by atoms with Crippen molar-refractivity contribution in [2.75, 3.05) is 5.75 Å². The molecule has 0 spiro atoms. The molecule has 0 aliphatic rings. The van der Waals surface area contributed by atoms with Crippen molar-refractivity contribution in [1.82, 2.24) is 14.1 Å². The minimum absolute atomic E-state index is 0.0861. The first-order valence-corrected chi connectivity index (χ1v) is 9.35. The van der Waals surface area contributed by atoms with E-state index in [9.17, 15) is 4.79 Å². The van der Waals surface area contributed by atoms with E-state index >= 15 is 0 Å². The summed E-state index contributed by atoms with van der Waals surface area (Å²) in [6, 6.07) is 10.0. The number of aromatic nitrogens is 3. The SMILES string of the molecule is CCCn1ccnc1SCC(=O)c1cn(CCC#N)c2ccccc12. The Morgan fingerprint density at radius 1 is 1.28 bits per heavy atom. The number of rotatable bonds is 8. The molecule has 128 valence electrons. The lowest BCUT2D eigenvalue weighted by molar-refractivity contribution is 0.102. The highest BCUT2D eigenvalue weighted by molar-refractivity contribution is 7.99. The summed E-state index contributed by atoms with van der Waals surface area (Å²) in [4.78, 5) is 17.1. The van der Waals surface area contributed by atoms with E-state index in [1.807, 2.05) is 41.2 Å². The summed E-state index contributed by atoms with van der Waals surface area (Å²) in [6.45, 7) is 3.62. The number of hydrogen-bond donors (Lipinski definition) is 0. The molecule has 0 saturated carbocycles.